The van der Waals surface area contributed by atoms with Gasteiger partial charge >= 0.3 is 0 Å². The molecule has 0 saturated carbocycles. The molecule has 154 valence electrons. The molecule has 0 atom stereocenters. The fourth-order valence-electron chi connectivity index (χ4n) is 4.18. The molecule has 4 rings (SSSR count). The molecule has 0 unspecified atom stereocenters. The van der Waals surface area contributed by atoms with Crippen molar-refractivity contribution in [3.63, 3.8) is 0 Å². The summed E-state index contributed by atoms with van der Waals surface area (Å²) in [6, 6.07) is 14.1. The van der Waals surface area contributed by atoms with Crippen LogP contribution in [0, 0.1) is 5.41 Å². The summed E-state index contributed by atoms with van der Waals surface area (Å²) in [5, 5.41) is 12.8. The molecule has 0 heterocycles. The Balaban J connectivity index is 2.12. The van der Waals surface area contributed by atoms with Gasteiger partial charge in [0.2, 0.25) is 0 Å². The number of phenols is 1. The van der Waals surface area contributed by atoms with Gasteiger partial charge in [-0.05, 0) is 63.9 Å². The summed E-state index contributed by atoms with van der Waals surface area (Å²) in [5.74, 6) is 0.309. The highest BCUT2D eigenvalue weighted by molar-refractivity contribution is 9.10. The molecule has 3 aromatic rings. The van der Waals surface area contributed by atoms with Crippen LogP contribution in [0.5, 0.6) is 5.75 Å². The van der Waals surface area contributed by atoms with Crippen molar-refractivity contribution in [1.82, 2.24) is 0 Å². The lowest BCUT2D eigenvalue weighted by molar-refractivity contribution is 0.101. The van der Waals surface area contributed by atoms with E-state index in [2.05, 4.69) is 63.5 Å². The Bertz CT molecular complexity index is 1220. The molecule has 0 fully saturated rings. The second kappa shape index (κ2) is 6.81. The molecular formula is C27H27BrO2. The van der Waals surface area contributed by atoms with Gasteiger partial charge in [-0.1, -0.05) is 69.6 Å². The number of aromatic hydroxyl groups is 1. The fraction of sp³-hybridized carbons (Fsp3) is 0.296. The molecule has 1 N–H and O–H groups in total. The number of halogens is 1. The van der Waals surface area contributed by atoms with Crippen molar-refractivity contribution >= 4 is 38.6 Å². The Morgan fingerprint density at radius 1 is 0.833 bits per heavy atom. The van der Waals surface area contributed by atoms with Gasteiger partial charge in [0.15, 0.2) is 5.78 Å². The van der Waals surface area contributed by atoms with Crippen LogP contribution in [0.15, 0.2) is 52.5 Å². The standard InChI is InChI=1S/C27H27BrO2/c1-26(2,3)21-13-17-14-22(27(4,5)6)25(30)20-12-16(11-19(23(17)20)24(21)29)15-7-9-18(28)10-8-15/h7-14,29H,1-6H3. The van der Waals surface area contributed by atoms with E-state index in [0.717, 1.165) is 43.1 Å². The molecule has 1 aliphatic rings. The third kappa shape index (κ3) is 3.39. The molecule has 0 aliphatic heterocycles. The number of benzene rings is 3. The number of hydrogen-bond donors (Lipinski definition) is 1. The van der Waals surface area contributed by atoms with Gasteiger partial charge in [0.1, 0.15) is 5.75 Å². The Morgan fingerprint density at radius 3 is 2.03 bits per heavy atom. The first-order valence-electron chi connectivity index (χ1n) is 10.2. The summed E-state index contributed by atoms with van der Waals surface area (Å²) in [6.45, 7) is 12.5. The molecule has 2 nitrogen and oxygen atoms in total. The van der Waals surface area contributed by atoms with Gasteiger partial charge in [-0.2, -0.15) is 0 Å². The summed E-state index contributed by atoms with van der Waals surface area (Å²) >= 11 is 3.49. The fourth-order valence-corrected chi connectivity index (χ4v) is 4.44. The molecule has 3 aromatic carbocycles. The average molecular weight is 463 g/mol. The zero-order chi connectivity index (χ0) is 22.0. The predicted molar refractivity (Wildman–Crippen MR) is 129 cm³/mol. The van der Waals surface area contributed by atoms with Crippen LogP contribution in [0.25, 0.3) is 28.0 Å². The molecule has 1 aliphatic carbocycles. The van der Waals surface area contributed by atoms with Gasteiger partial charge in [0, 0.05) is 31.9 Å². The second-order valence-corrected chi connectivity index (χ2v) is 11.1. The quantitative estimate of drug-likeness (QED) is 0.398. The van der Waals surface area contributed by atoms with Gasteiger partial charge in [-0.3, -0.25) is 4.79 Å². The van der Waals surface area contributed by atoms with Gasteiger partial charge in [0.25, 0.3) is 0 Å². The normalized spacial score (nSPS) is 14.2. The van der Waals surface area contributed by atoms with E-state index in [0.29, 0.717) is 5.56 Å². The smallest absolute Gasteiger partial charge is 0.190 e. The van der Waals surface area contributed by atoms with E-state index >= 15 is 0 Å². The first-order chi connectivity index (χ1) is 13.9. The minimum atomic E-state index is -0.269. The van der Waals surface area contributed by atoms with Crippen molar-refractivity contribution in [1.29, 1.82) is 0 Å². The lowest BCUT2D eigenvalue weighted by atomic mass is 9.74. The van der Waals surface area contributed by atoms with Crippen LogP contribution < -0.4 is 0 Å². The van der Waals surface area contributed by atoms with E-state index in [1.165, 1.54) is 0 Å². The van der Waals surface area contributed by atoms with Crippen molar-refractivity contribution in [2.75, 3.05) is 0 Å². The topological polar surface area (TPSA) is 37.3 Å². The molecule has 0 spiro atoms. The average Bonchev–Trinajstić information content (AvgIpc) is 2.64. The molecule has 0 bridgehead atoms. The van der Waals surface area contributed by atoms with Gasteiger partial charge in [0.05, 0.1) is 0 Å². The first kappa shape index (κ1) is 20.9. The van der Waals surface area contributed by atoms with E-state index in [4.69, 9.17) is 0 Å². The summed E-state index contributed by atoms with van der Waals surface area (Å²) in [5.41, 5.74) is 4.82. The van der Waals surface area contributed by atoms with Crippen LogP contribution in [0.4, 0.5) is 0 Å². The van der Waals surface area contributed by atoms with Crippen molar-refractivity contribution in [2.45, 2.75) is 47.0 Å². The molecule has 0 aromatic heterocycles. The Hall–Kier alpha value is -2.39. The number of carbonyl (C=O) groups is 1. The predicted octanol–water partition coefficient (Wildman–Crippen LogP) is 7.90. The van der Waals surface area contributed by atoms with Crippen LogP contribution >= 0.6 is 15.9 Å². The number of rotatable bonds is 1. The van der Waals surface area contributed by atoms with Gasteiger partial charge in [-0.15, -0.1) is 0 Å². The number of Topliss-reactive ketones (excluding diaryl/α,β-unsaturated/α-hetero) is 1. The summed E-state index contributed by atoms with van der Waals surface area (Å²) in [6.07, 6.45) is 2.02. The van der Waals surface area contributed by atoms with Gasteiger partial charge in [-0.25, -0.2) is 0 Å². The monoisotopic (exact) mass is 462 g/mol. The SMILES string of the molecule is CC(C)(C)C1=Cc2cc(C(C)(C)C)c(O)c3cc(-c4ccc(Br)cc4)cc(c23)C1=O. The highest BCUT2D eigenvalue weighted by Crippen LogP contribution is 2.46. The van der Waals surface area contributed by atoms with Crippen molar-refractivity contribution in [3.05, 3.63) is 69.2 Å². The Kier molecular flexibility index (Phi) is 4.74. The Morgan fingerprint density at radius 2 is 1.47 bits per heavy atom. The number of allylic oxidation sites excluding steroid dienone is 1. The molecule has 0 saturated heterocycles. The van der Waals surface area contributed by atoms with Crippen molar-refractivity contribution in [3.8, 4) is 16.9 Å². The minimum absolute atomic E-state index is 0.0434. The highest BCUT2D eigenvalue weighted by Gasteiger charge is 2.32. The number of hydrogen-bond acceptors (Lipinski definition) is 2. The minimum Gasteiger partial charge on any atom is -0.507 e. The van der Waals surface area contributed by atoms with Gasteiger partial charge < -0.3 is 5.11 Å². The third-order valence-corrected chi connectivity index (χ3v) is 6.35. The van der Waals surface area contributed by atoms with Crippen molar-refractivity contribution in [2.24, 2.45) is 5.41 Å². The largest absolute Gasteiger partial charge is 0.507 e. The first-order valence-corrected chi connectivity index (χ1v) is 11.0. The third-order valence-electron chi connectivity index (χ3n) is 5.82. The zero-order valence-electron chi connectivity index (χ0n) is 18.4. The maximum Gasteiger partial charge on any atom is 0.190 e. The van der Waals surface area contributed by atoms with Crippen LogP contribution in [0.1, 0.15) is 63.0 Å². The molecule has 3 heteroatoms. The second-order valence-electron chi connectivity index (χ2n) is 10.2. The summed E-state index contributed by atoms with van der Waals surface area (Å²) in [7, 11) is 0. The lowest BCUT2D eigenvalue weighted by Gasteiger charge is -2.29. The molecular weight excluding hydrogens is 436 g/mol. The van der Waals surface area contributed by atoms with Crippen LogP contribution in [-0.2, 0) is 5.41 Å². The number of ketones is 1. The van der Waals surface area contributed by atoms with Crippen LogP contribution in [0.3, 0.4) is 0 Å². The zero-order valence-corrected chi connectivity index (χ0v) is 19.9. The maximum absolute atomic E-state index is 13.5. The molecule has 0 amide bonds. The molecule has 30 heavy (non-hydrogen) atoms. The van der Waals surface area contributed by atoms with E-state index in [1.54, 1.807) is 0 Å². The van der Waals surface area contributed by atoms with Crippen molar-refractivity contribution < 1.29 is 9.90 Å². The van der Waals surface area contributed by atoms with E-state index < -0.39 is 0 Å². The van der Waals surface area contributed by atoms with Crippen LogP contribution in [-0.4, -0.2) is 10.9 Å². The van der Waals surface area contributed by atoms with E-state index in [9.17, 15) is 9.90 Å². The highest BCUT2D eigenvalue weighted by atomic mass is 79.9. The maximum atomic E-state index is 13.5. The lowest BCUT2D eigenvalue weighted by Crippen LogP contribution is -2.21. The van der Waals surface area contributed by atoms with Crippen LogP contribution in [0.2, 0.25) is 0 Å². The van der Waals surface area contributed by atoms with E-state index in [1.807, 2.05) is 42.5 Å². The summed E-state index contributed by atoms with van der Waals surface area (Å²) in [4.78, 5) is 13.5. The summed E-state index contributed by atoms with van der Waals surface area (Å²) < 4.78 is 1.00. The Labute approximate surface area is 186 Å². The molecule has 0 radical (unpaired) electrons. The number of phenolic OH excluding ortho intramolecular Hbond substituents is 1. The van der Waals surface area contributed by atoms with E-state index in [-0.39, 0.29) is 22.4 Å². The number of carbonyl (C=O) groups excluding carboxylic acids is 1.